The number of hydrogen-bond acceptors (Lipinski definition) is 6. The number of fused-ring (bicyclic) bond motifs is 4. The van der Waals surface area contributed by atoms with Gasteiger partial charge in [0.2, 0.25) is 0 Å². The second-order valence-corrected chi connectivity index (χ2v) is 15.0. The number of nitriles is 2. The summed E-state index contributed by atoms with van der Waals surface area (Å²) in [5, 5.41) is 23.0. The predicted molar refractivity (Wildman–Crippen MR) is 201 cm³/mol. The number of hydrogen-bond donors (Lipinski definition) is 0. The molecule has 0 spiro atoms. The molecule has 0 aromatic heterocycles. The van der Waals surface area contributed by atoms with Crippen molar-refractivity contribution in [3.63, 3.8) is 0 Å². The van der Waals surface area contributed by atoms with Gasteiger partial charge in [-0.3, -0.25) is 0 Å². The molecule has 246 valence electrons. The third-order valence-electron chi connectivity index (χ3n) is 11.1. The van der Waals surface area contributed by atoms with Gasteiger partial charge in [-0.1, -0.05) is 98.8 Å². The molecule has 5 nitrogen and oxygen atoms in total. The van der Waals surface area contributed by atoms with Crippen LogP contribution in [0.1, 0.15) is 98.3 Å². The highest BCUT2D eigenvalue weighted by atomic mass is 32.2. The Hall–Kier alpha value is -5.17. The van der Waals surface area contributed by atoms with Gasteiger partial charge in [-0.15, -0.1) is 0 Å². The van der Waals surface area contributed by atoms with Crippen molar-refractivity contribution in [1.82, 2.24) is 0 Å². The van der Waals surface area contributed by atoms with Gasteiger partial charge in [0.05, 0.1) is 45.3 Å². The molecule has 2 aliphatic heterocycles. The first-order valence-electron chi connectivity index (χ1n) is 18.1. The largest absolute Gasteiger partial charge is 0.453 e. The van der Waals surface area contributed by atoms with E-state index in [2.05, 4.69) is 94.7 Å². The zero-order valence-electron chi connectivity index (χ0n) is 28.1. The number of benzene rings is 5. The number of anilines is 6. The highest BCUT2D eigenvalue weighted by molar-refractivity contribution is 7.99. The maximum absolute atomic E-state index is 11.5. The smallest absolute Gasteiger partial charge is 0.151 e. The minimum absolute atomic E-state index is 0.127. The van der Waals surface area contributed by atoms with Crippen molar-refractivity contribution in [2.75, 3.05) is 9.80 Å². The van der Waals surface area contributed by atoms with Gasteiger partial charge in [0.15, 0.2) is 11.5 Å². The molecule has 0 saturated heterocycles. The molecule has 2 saturated carbocycles. The van der Waals surface area contributed by atoms with E-state index in [1.54, 1.807) is 11.8 Å². The van der Waals surface area contributed by atoms with E-state index >= 15 is 0 Å². The van der Waals surface area contributed by atoms with Crippen LogP contribution in [0.2, 0.25) is 0 Å². The summed E-state index contributed by atoms with van der Waals surface area (Å²) in [5.74, 6) is 1.83. The van der Waals surface area contributed by atoms with Crippen molar-refractivity contribution < 1.29 is 4.74 Å². The van der Waals surface area contributed by atoms with Crippen LogP contribution in [0, 0.1) is 22.7 Å². The van der Waals surface area contributed by atoms with E-state index in [0.29, 0.717) is 11.1 Å². The van der Waals surface area contributed by atoms with Crippen LogP contribution in [-0.4, -0.2) is 0 Å². The van der Waals surface area contributed by atoms with E-state index in [9.17, 15) is 10.5 Å². The average Bonchev–Trinajstić information content (AvgIpc) is 3.18. The second-order valence-electron chi connectivity index (χ2n) is 13.9. The van der Waals surface area contributed by atoms with Crippen LogP contribution in [0.4, 0.5) is 34.1 Å². The first kappa shape index (κ1) is 30.9. The molecule has 0 bridgehead atoms. The summed E-state index contributed by atoms with van der Waals surface area (Å²) in [6.07, 6.45) is 10.8. The van der Waals surface area contributed by atoms with Crippen molar-refractivity contribution in [2.45, 2.75) is 85.8 Å². The van der Waals surface area contributed by atoms with Crippen molar-refractivity contribution in [2.24, 2.45) is 0 Å². The maximum atomic E-state index is 11.5. The fourth-order valence-corrected chi connectivity index (χ4v) is 9.98. The van der Waals surface area contributed by atoms with Gasteiger partial charge in [0.1, 0.15) is 12.1 Å². The van der Waals surface area contributed by atoms with E-state index in [1.807, 2.05) is 24.3 Å². The molecule has 5 aromatic carbocycles. The Kier molecular flexibility index (Phi) is 7.98. The predicted octanol–water partition coefficient (Wildman–Crippen LogP) is 13.0. The zero-order valence-corrected chi connectivity index (χ0v) is 28.9. The minimum Gasteiger partial charge on any atom is -0.453 e. The van der Waals surface area contributed by atoms with E-state index in [1.165, 1.54) is 12.8 Å². The van der Waals surface area contributed by atoms with Crippen LogP contribution < -0.4 is 14.5 Å². The Morgan fingerprint density at radius 2 is 0.900 bits per heavy atom. The Balaban J connectivity index is 1.47. The van der Waals surface area contributed by atoms with Gasteiger partial charge in [-0.2, -0.15) is 10.5 Å². The van der Waals surface area contributed by atoms with Crippen LogP contribution in [0.15, 0.2) is 107 Å². The summed E-state index contributed by atoms with van der Waals surface area (Å²) in [7, 11) is 0. The minimum atomic E-state index is 0.127. The molecule has 6 heteroatoms. The molecule has 0 N–H and O–H groups in total. The van der Waals surface area contributed by atoms with E-state index in [4.69, 9.17) is 4.74 Å². The molecular formula is C44H38N4OS. The molecular weight excluding hydrogens is 633 g/mol. The Morgan fingerprint density at radius 3 is 1.38 bits per heavy atom. The maximum Gasteiger partial charge on any atom is 0.151 e. The molecule has 50 heavy (non-hydrogen) atoms. The number of para-hydroxylation sites is 6. The van der Waals surface area contributed by atoms with Gasteiger partial charge in [-0.05, 0) is 91.6 Å². The van der Waals surface area contributed by atoms with Gasteiger partial charge >= 0.3 is 0 Å². The number of ether oxygens (including phenoxy) is 1. The van der Waals surface area contributed by atoms with Crippen LogP contribution in [0.25, 0.3) is 0 Å². The summed E-state index contributed by atoms with van der Waals surface area (Å²) < 4.78 is 6.53. The molecule has 2 aliphatic carbocycles. The summed E-state index contributed by atoms with van der Waals surface area (Å²) in [4.78, 5) is 7.03. The highest BCUT2D eigenvalue weighted by Gasteiger charge is 2.41. The summed E-state index contributed by atoms with van der Waals surface area (Å²) in [5.41, 5.74) is 9.23. The quantitative estimate of drug-likeness (QED) is 0.186. The standard InChI is InChI=1S/C44H38N4OS/c45-27-31-41(29-15-3-1-4-16-29)32(28-46)44(48-35-21-9-13-25-39(35)50-40-26-14-10-22-36(40)48)42(30-17-5-2-6-18-30)43(31)47-33-19-7-11-23-37(33)49-38-24-12-8-20-34(38)47/h7-14,19-26,29-30H,1-6,15-18H2. The van der Waals surface area contributed by atoms with Crippen molar-refractivity contribution in [1.29, 1.82) is 10.5 Å². The molecule has 9 rings (SSSR count). The van der Waals surface area contributed by atoms with E-state index < -0.39 is 0 Å². The summed E-state index contributed by atoms with van der Waals surface area (Å²) in [6, 6.07) is 39.2. The average molecular weight is 671 g/mol. The first-order chi connectivity index (χ1) is 24.8. The number of rotatable bonds is 4. The molecule has 0 amide bonds. The van der Waals surface area contributed by atoms with Crippen LogP contribution in [-0.2, 0) is 0 Å². The second kappa shape index (κ2) is 12.9. The lowest BCUT2D eigenvalue weighted by atomic mass is 9.74. The topological polar surface area (TPSA) is 63.3 Å². The fourth-order valence-electron chi connectivity index (χ4n) is 8.92. The Morgan fingerprint density at radius 1 is 0.500 bits per heavy atom. The monoisotopic (exact) mass is 670 g/mol. The molecule has 0 unspecified atom stereocenters. The van der Waals surface area contributed by atoms with Crippen LogP contribution in [0.3, 0.4) is 0 Å². The van der Waals surface area contributed by atoms with E-state index in [-0.39, 0.29) is 11.8 Å². The molecule has 2 heterocycles. The van der Waals surface area contributed by atoms with Gasteiger partial charge in [-0.25, -0.2) is 0 Å². The third kappa shape index (κ3) is 4.97. The molecule has 0 atom stereocenters. The summed E-state index contributed by atoms with van der Waals surface area (Å²) in [6.45, 7) is 0. The zero-order chi connectivity index (χ0) is 33.6. The van der Waals surface area contributed by atoms with Crippen LogP contribution in [0.5, 0.6) is 11.5 Å². The SMILES string of the molecule is N#Cc1c(C2CCCCC2)c(C#N)c(N2c3ccccc3Sc3ccccc32)c(C2CCCCC2)c1N1c2ccccc2Oc2ccccc21. The molecule has 5 aromatic rings. The Bertz CT molecular complexity index is 1970. The third-order valence-corrected chi connectivity index (χ3v) is 12.2. The lowest BCUT2D eigenvalue weighted by Gasteiger charge is -2.42. The molecule has 2 fully saturated rings. The van der Waals surface area contributed by atoms with Gasteiger partial charge in [0, 0.05) is 15.4 Å². The van der Waals surface area contributed by atoms with Crippen LogP contribution >= 0.6 is 11.8 Å². The normalized spacial score (nSPS) is 17.0. The number of nitrogens with zero attached hydrogens (tertiary/aromatic N) is 4. The van der Waals surface area contributed by atoms with Gasteiger partial charge in [0.25, 0.3) is 0 Å². The van der Waals surface area contributed by atoms with Crippen molar-refractivity contribution >= 4 is 45.9 Å². The Labute approximate surface area is 298 Å². The lowest BCUT2D eigenvalue weighted by molar-refractivity contribution is 0.438. The lowest BCUT2D eigenvalue weighted by Crippen LogP contribution is -2.26. The van der Waals surface area contributed by atoms with Crippen molar-refractivity contribution in [3.05, 3.63) is 119 Å². The first-order valence-corrected chi connectivity index (χ1v) is 18.9. The summed E-state index contributed by atoms with van der Waals surface area (Å²) >= 11 is 1.79. The highest BCUT2D eigenvalue weighted by Crippen LogP contribution is 2.61. The molecule has 4 aliphatic rings. The van der Waals surface area contributed by atoms with Crippen molar-refractivity contribution in [3.8, 4) is 23.6 Å². The van der Waals surface area contributed by atoms with E-state index in [0.717, 1.165) is 118 Å². The fraction of sp³-hybridized carbons (Fsp3) is 0.273. The molecule has 0 radical (unpaired) electrons. The van der Waals surface area contributed by atoms with Gasteiger partial charge < -0.3 is 14.5 Å².